The van der Waals surface area contributed by atoms with Crippen LogP contribution in [0.2, 0.25) is 0 Å². The largest absolute Gasteiger partial charge is 0.366 e. The van der Waals surface area contributed by atoms with E-state index in [1.165, 1.54) is 0 Å². The van der Waals surface area contributed by atoms with Crippen LogP contribution in [0, 0.1) is 5.41 Å². The Balaban J connectivity index is 1.85. The van der Waals surface area contributed by atoms with E-state index in [0.29, 0.717) is 39.9 Å². The van der Waals surface area contributed by atoms with Gasteiger partial charge in [0.05, 0.1) is 29.4 Å². The smallest absolute Gasteiger partial charge is 0.247 e. The number of Topliss-reactive ketones (excluding diaryl/α,β-unsaturated/α-hetero) is 1. The first kappa shape index (κ1) is 17.1. The van der Waals surface area contributed by atoms with Gasteiger partial charge in [0.1, 0.15) is 5.52 Å². The normalized spacial score (nSPS) is 13.5. The summed E-state index contributed by atoms with van der Waals surface area (Å²) in [7, 11) is 0. The third kappa shape index (κ3) is 2.81. The highest BCUT2D eigenvalue weighted by Crippen LogP contribution is 2.26. The molecule has 136 valence electrons. The maximum atomic E-state index is 12.7. The van der Waals surface area contributed by atoms with Gasteiger partial charge in [-0.3, -0.25) is 14.6 Å². The molecule has 1 aromatic carbocycles. The molecule has 3 heterocycles. The number of nitrogens with one attached hydrogen (secondary N) is 1. The molecule has 0 radical (unpaired) electrons. The van der Waals surface area contributed by atoms with Gasteiger partial charge in [0.15, 0.2) is 11.4 Å². The Labute approximate surface area is 155 Å². The number of carbonyl (C=O) groups excluding carboxylic acids is 2. The van der Waals surface area contributed by atoms with E-state index in [-0.39, 0.29) is 5.78 Å². The van der Waals surface area contributed by atoms with Crippen molar-refractivity contribution >= 4 is 28.4 Å². The summed E-state index contributed by atoms with van der Waals surface area (Å²) >= 11 is 0. The van der Waals surface area contributed by atoms with Gasteiger partial charge in [-0.25, -0.2) is 9.97 Å². The van der Waals surface area contributed by atoms with Gasteiger partial charge in [-0.1, -0.05) is 32.9 Å². The van der Waals surface area contributed by atoms with Crippen LogP contribution < -0.4 is 16.3 Å². The monoisotopic (exact) mass is 361 g/mol. The van der Waals surface area contributed by atoms with Crippen LogP contribution in [0.5, 0.6) is 0 Å². The molecule has 0 bridgehead atoms. The van der Waals surface area contributed by atoms with E-state index in [1.807, 2.05) is 39.0 Å². The molecule has 0 saturated heterocycles. The number of nitrogens with two attached hydrogens (primary N) is 1. The first-order chi connectivity index (χ1) is 12.8. The van der Waals surface area contributed by atoms with Crippen molar-refractivity contribution < 1.29 is 9.59 Å². The van der Waals surface area contributed by atoms with E-state index in [4.69, 9.17) is 5.73 Å². The van der Waals surface area contributed by atoms with Gasteiger partial charge in [0, 0.05) is 28.0 Å². The number of rotatable bonds is 3. The highest BCUT2D eigenvalue weighted by Gasteiger charge is 2.26. The standard InChI is InChI=1S/C20H19N5O2/c1-20(2,3)17(26)13-8-23-19-16(13)25-15(9-24-19)10-4-5-11-12(18(21)27)7-22-14(11)6-10/h4-6,8-9H,7H2,1-3H3,(H2,21,27)(H,23,24). The van der Waals surface area contributed by atoms with Crippen LogP contribution in [-0.2, 0) is 4.79 Å². The third-order valence-corrected chi connectivity index (χ3v) is 4.63. The van der Waals surface area contributed by atoms with Crippen LogP contribution in [-0.4, -0.2) is 33.2 Å². The number of H-pyrrole nitrogens is 1. The van der Waals surface area contributed by atoms with Crippen LogP contribution in [0.15, 0.2) is 35.6 Å². The maximum Gasteiger partial charge on any atom is 0.247 e. The zero-order valence-corrected chi connectivity index (χ0v) is 15.3. The number of benzene rings is 1. The van der Waals surface area contributed by atoms with Crippen molar-refractivity contribution in [3.8, 4) is 11.3 Å². The lowest BCUT2D eigenvalue weighted by atomic mass is 9.87. The lowest BCUT2D eigenvalue weighted by Gasteiger charge is -2.15. The number of aromatic amines is 1. The maximum absolute atomic E-state index is 12.7. The fraction of sp³-hybridized carbons (Fsp3) is 0.250. The molecule has 0 fully saturated rings. The van der Waals surface area contributed by atoms with Crippen LogP contribution in [0.1, 0.15) is 31.1 Å². The second-order valence-electron chi connectivity index (χ2n) is 7.62. The van der Waals surface area contributed by atoms with Gasteiger partial charge in [-0.2, -0.15) is 0 Å². The number of fused-ring (bicyclic) bond motifs is 2. The summed E-state index contributed by atoms with van der Waals surface area (Å²) in [5.41, 5.74) is 8.50. The number of ketones is 1. The minimum absolute atomic E-state index is 0.00449. The van der Waals surface area contributed by atoms with E-state index in [2.05, 4.69) is 19.9 Å². The quantitative estimate of drug-likeness (QED) is 0.680. The summed E-state index contributed by atoms with van der Waals surface area (Å²) in [5.74, 6) is -0.450. The molecule has 0 spiro atoms. The van der Waals surface area contributed by atoms with Crippen molar-refractivity contribution in [1.29, 1.82) is 0 Å². The summed E-state index contributed by atoms with van der Waals surface area (Å²) in [6.07, 6.45) is 3.31. The number of primary amides is 1. The lowest BCUT2D eigenvalue weighted by Crippen LogP contribution is -2.27. The summed E-state index contributed by atoms with van der Waals surface area (Å²) in [6.45, 7) is 5.92. The van der Waals surface area contributed by atoms with Crippen molar-refractivity contribution in [3.05, 3.63) is 46.7 Å². The Morgan fingerprint density at radius 3 is 2.70 bits per heavy atom. The number of nitrogens with zero attached hydrogens (tertiary/aromatic N) is 3. The van der Waals surface area contributed by atoms with E-state index in [9.17, 15) is 9.59 Å². The van der Waals surface area contributed by atoms with E-state index < -0.39 is 11.3 Å². The average Bonchev–Trinajstić information content (AvgIpc) is 3.23. The highest BCUT2D eigenvalue weighted by molar-refractivity contribution is 6.13. The number of aromatic nitrogens is 3. The zero-order valence-electron chi connectivity index (χ0n) is 15.3. The fourth-order valence-electron chi connectivity index (χ4n) is 3.14. The SMILES string of the molecule is CC(C)(C)C(=O)c1c[nH]c2ncc(-c3ccc4c(c3)=NCC=4C(N)=O)nc12. The molecule has 1 aliphatic rings. The van der Waals surface area contributed by atoms with Gasteiger partial charge in [0.25, 0.3) is 0 Å². The Morgan fingerprint density at radius 2 is 2.00 bits per heavy atom. The molecule has 4 rings (SSSR count). The predicted octanol–water partition coefficient (Wildman–Crippen LogP) is 1.12. The molecule has 3 N–H and O–H groups in total. The molecule has 7 heteroatoms. The van der Waals surface area contributed by atoms with Gasteiger partial charge in [0.2, 0.25) is 5.91 Å². The molecule has 0 aliphatic carbocycles. The van der Waals surface area contributed by atoms with E-state index in [1.54, 1.807) is 12.4 Å². The van der Waals surface area contributed by atoms with Crippen molar-refractivity contribution in [2.45, 2.75) is 20.8 Å². The van der Waals surface area contributed by atoms with Crippen LogP contribution >= 0.6 is 0 Å². The second-order valence-corrected chi connectivity index (χ2v) is 7.62. The Hall–Kier alpha value is -3.35. The summed E-state index contributed by atoms with van der Waals surface area (Å²) in [5, 5.41) is 1.47. The average molecular weight is 361 g/mol. The fourth-order valence-corrected chi connectivity index (χ4v) is 3.14. The minimum Gasteiger partial charge on any atom is -0.366 e. The predicted molar refractivity (Wildman–Crippen MR) is 101 cm³/mol. The molecule has 7 nitrogen and oxygen atoms in total. The first-order valence-electron chi connectivity index (χ1n) is 8.62. The van der Waals surface area contributed by atoms with Gasteiger partial charge >= 0.3 is 0 Å². The molecular formula is C20H19N5O2. The molecule has 27 heavy (non-hydrogen) atoms. The Kier molecular flexibility index (Phi) is 3.69. The Morgan fingerprint density at radius 1 is 1.22 bits per heavy atom. The molecule has 0 unspecified atom stereocenters. The van der Waals surface area contributed by atoms with Crippen LogP contribution in [0.4, 0.5) is 0 Å². The second kappa shape index (κ2) is 5.84. The number of amides is 1. The van der Waals surface area contributed by atoms with Crippen molar-refractivity contribution in [2.24, 2.45) is 16.1 Å². The van der Waals surface area contributed by atoms with Crippen molar-refractivity contribution in [1.82, 2.24) is 15.0 Å². The summed E-state index contributed by atoms with van der Waals surface area (Å²) in [6, 6.07) is 5.54. The van der Waals surface area contributed by atoms with Gasteiger partial charge in [-0.05, 0) is 6.07 Å². The van der Waals surface area contributed by atoms with Gasteiger partial charge in [-0.15, -0.1) is 0 Å². The number of carbonyl (C=O) groups is 2. The van der Waals surface area contributed by atoms with Crippen LogP contribution in [0.3, 0.4) is 0 Å². The third-order valence-electron chi connectivity index (χ3n) is 4.63. The Bertz CT molecular complexity index is 1230. The summed E-state index contributed by atoms with van der Waals surface area (Å²) < 4.78 is 0. The van der Waals surface area contributed by atoms with E-state index >= 15 is 0 Å². The molecular weight excluding hydrogens is 342 g/mol. The topological polar surface area (TPSA) is 114 Å². The van der Waals surface area contributed by atoms with Crippen molar-refractivity contribution in [3.63, 3.8) is 0 Å². The highest BCUT2D eigenvalue weighted by atomic mass is 16.1. The molecule has 2 aromatic heterocycles. The summed E-state index contributed by atoms with van der Waals surface area (Å²) in [4.78, 5) is 40.6. The molecule has 1 amide bonds. The number of hydrogen-bond acceptors (Lipinski definition) is 5. The van der Waals surface area contributed by atoms with Gasteiger partial charge < -0.3 is 10.7 Å². The molecule has 0 atom stereocenters. The first-order valence-corrected chi connectivity index (χ1v) is 8.62. The van der Waals surface area contributed by atoms with E-state index in [0.717, 1.165) is 10.8 Å². The molecule has 1 aliphatic heterocycles. The lowest BCUT2D eigenvalue weighted by molar-refractivity contribution is -0.112. The zero-order chi connectivity index (χ0) is 19.3. The number of hydrogen-bond donors (Lipinski definition) is 2. The minimum atomic E-state index is -0.514. The van der Waals surface area contributed by atoms with Crippen molar-refractivity contribution in [2.75, 3.05) is 6.54 Å². The molecule has 0 saturated carbocycles. The molecule has 3 aromatic rings. The van der Waals surface area contributed by atoms with Crippen LogP contribution in [0.25, 0.3) is 28.0 Å².